The Kier molecular flexibility index (Phi) is 6.78. The summed E-state index contributed by atoms with van der Waals surface area (Å²) in [5.41, 5.74) is 2.75. The first-order valence-corrected chi connectivity index (χ1v) is 4.64. The van der Waals surface area contributed by atoms with Gasteiger partial charge in [-0.05, 0) is 33.1 Å². The van der Waals surface area contributed by atoms with E-state index >= 15 is 0 Å². The number of hydrogen-bond acceptors (Lipinski definition) is 1. The molecule has 0 rings (SSSR count). The van der Waals surface area contributed by atoms with Crippen LogP contribution in [0.3, 0.4) is 0 Å². The Balaban J connectivity index is 3.95. The lowest BCUT2D eigenvalue weighted by Crippen LogP contribution is -1.86. The summed E-state index contributed by atoms with van der Waals surface area (Å²) >= 11 is 0. The molecule has 0 amide bonds. The van der Waals surface area contributed by atoms with Crippen LogP contribution in [0.5, 0.6) is 0 Å². The molecule has 0 saturated heterocycles. The van der Waals surface area contributed by atoms with Gasteiger partial charge in [0.2, 0.25) is 0 Å². The molecule has 1 heteroatoms. The SMILES string of the molecule is CC/C(=C\C=C(C)C)CCCO. The van der Waals surface area contributed by atoms with Crippen molar-refractivity contribution in [3.05, 3.63) is 23.3 Å². The number of allylic oxidation sites excluding steroid dienone is 4. The van der Waals surface area contributed by atoms with E-state index in [0.717, 1.165) is 19.3 Å². The maximum Gasteiger partial charge on any atom is 0.0434 e. The van der Waals surface area contributed by atoms with E-state index < -0.39 is 0 Å². The summed E-state index contributed by atoms with van der Waals surface area (Å²) < 4.78 is 0. The van der Waals surface area contributed by atoms with Crippen molar-refractivity contribution >= 4 is 0 Å². The van der Waals surface area contributed by atoms with Crippen LogP contribution in [-0.2, 0) is 0 Å². The molecule has 0 aliphatic rings. The zero-order chi connectivity index (χ0) is 9.40. The van der Waals surface area contributed by atoms with Gasteiger partial charge in [0, 0.05) is 6.61 Å². The fourth-order valence-electron chi connectivity index (χ4n) is 0.969. The molecule has 0 bridgehead atoms. The van der Waals surface area contributed by atoms with Gasteiger partial charge < -0.3 is 5.11 Å². The van der Waals surface area contributed by atoms with Crippen molar-refractivity contribution in [2.45, 2.75) is 40.0 Å². The lowest BCUT2D eigenvalue weighted by Gasteiger charge is -2.00. The van der Waals surface area contributed by atoms with E-state index in [1.165, 1.54) is 11.1 Å². The van der Waals surface area contributed by atoms with Crippen molar-refractivity contribution in [2.75, 3.05) is 6.61 Å². The predicted octanol–water partition coefficient (Wildman–Crippen LogP) is 3.06. The third-order valence-corrected chi connectivity index (χ3v) is 1.76. The Morgan fingerprint density at radius 3 is 2.33 bits per heavy atom. The van der Waals surface area contributed by atoms with Gasteiger partial charge in [-0.1, -0.05) is 30.2 Å². The second-order valence-electron chi connectivity index (χ2n) is 3.25. The molecule has 12 heavy (non-hydrogen) atoms. The quantitative estimate of drug-likeness (QED) is 0.625. The molecule has 0 radical (unpaired) electrons. The van der Waals surface area contributed by atoms with Crippen LogP contribution in [0.2, 0.25) is 0 Å². The lowest BCUT2D eigenvalue weighted by molar-refractivity contribution is 0.288. The van der Waals surface area contributed by atoms with Crippen LogP contribution in [0.4, 0.5) is 0 Å². The summed E-state index contributed by atoms with van der Waals surface area (Å²) in [6, 6.07) is 0. The molecule has 0 atom stereocenters. The van der Waals surface area contributed by atoms with Crippen LogP contribution in [0, 0.1) is 0 Å². The average Bonchev–Trinajstić information content (AvgIpc) is 2.05. The Morgan fingerprint density at radius 2 is 1.92 bits per heavy atom. The van der Waals surface area contributed by atoms with Gasteiger partial charge in [-0.25, -0.2) is 0 Å². The minimum atomic E-state index is 0.298. The zero-order valence-electron chi connectivity index (χ0n) is 8.43. The Hall–Kier alpha value is -0.560. The Bertz CT molecular complexity index is 162. The molecule has 0 aliphatic heterocycles. The van der Waals surface area contributed by atoms with Crippen molar-refractivity contribution in [3.63, 3.8) is 0 Å². The second kappa shape index (κ2) is 7.11. The van der Waals surface area contributed by atoms with Crippen LogP contribution < -0.4 is 0 Å². The molecule has 70 valence electrons. The summed E-state index contributed by atoms with van der Waals surface area (Å²) in [6.07, 6.45) is 7.30. The fourth-order valence-corrected chi connectivity index (χ4v) is 0.969. The lowest BCUT2D eigenvalue weighted by atomic mass is 10.1. The van der Waals surface area contributed by atoms with E-state index in [9.17, 15) is 0 Å². The van der Waals surface area contributed by atoms with Crippen LogP contribution in [0.25, 0.3) is 0 Å². The van der Waals surface area contributed by atoms with Gasteiger partial charge in [0.05, 0.1) is 0 Å². The summed E-state index contributed by atoms with van der Waals surface area (Å²) in [4.78, 5) is 0. The van der Waals surface area contributed by atoms with Crippen molar-refractivity contribution in [1.82, 2.24) is 0 Å². The molecule has 0 aromatic carbocycles. The van der Waals surface area contributed by atoms with Gasteiger partial charge >= 0.3 is 0 Å². The molecule has 0 fully saturated rings. The summed E-state index contributed by atoms with van der Waals surface area (Å²) in [6.45, 7) is 6.64. The molecule has 0 aromatic rings. The first-order chi connectivity index (χ1) is 5.70. The third-order valence-electron chi connectivity index (χ3n) is 1.76. The molecular weight excluding hydrogens is 148 g/mol. The molecule has 0 unspecified atom stereocenters. The predicted molar refractivity (Wildman–Crippen MR) is 54.1 cm³/mol. The van der Waals surface area contributed by atoms with E-state index in [1.54, 1.807) is 0 Å². The normalized spacial score (nSPS) is 11.5. The number of aliphatic hydroxyl groups is 1. The van der Waals surface area contributed by atoms with Crippen molar-refractivity contribution in [3.8, 4) is 0 Å². The van der Waals surface area contributed by atoms with Crippen LogP contribution >= 0.6 is 0 Å². The van der Waals surface area contributed by atoms with Crippen LogP contribution in [0.15, 0.2) is 23.3 Å². The molecule has 0 saturated carbocycles. The van der Waals surface area contributed by atoms with Gasteiger partial charge in [-0.2, -0.15) is 0 Å². The molecule has 0 aliphatic carbocycles. The highest BCUT2D eigenvalue weighted by Crippen LogP contribution is 2.09. The van der Waals surface area contributed by atoms with Crippen LogP contribution in [-0.4, -0.2) is 11.7 Å². The standard InChI is InChI=1S/C11H20O/c1-4-11(6-5-9-12)8-7-10(2)3/h7-8,12H,4-6,9H2,1-3H3/b11-8+. The highest BCUT2D eigenvalue weighted by Gasteiger charge is 1.91. The third kappa shape index (κ3) is 6.17. The van der Waals surface area contributed by atoms with Crippen molar-refractivity contribution in [2.24, 2.45) is 0 Å². The van der Waals surface area contributed by atoms with E-state index in [0.29, 0.717) is 6.61 Å². The Labute approximate surface area is 75.8 Å². The zero-order valence-corrected chi connectivity index (χ0v) is 8.43. The minimum Gasteiger partial charge on any atom is -0.396 e. The number of hydrogen-bond donors (Lipinski definition) is 1. The fraction of sp³-hybridized carbons (Fsp3) is 0.636. The number of aliphatic hydroxyl groups excluding tert-OH is 1. The first kappa shape index (κ1) is 11.4. The molecule has 0 heterocycles. The minimum absolute atomic E-state index is 0.298. The largest absolute Gasteiger partial charge is 0.396 e. The smallest absolute Gasteiger partial charge is 0.0434 e. The van der Waals surface area contributed by atoms with Gasteiger partial charge in [-0.3, -0.25) is 0 Å². The van der Waals surface area contributed by atoms with Gasteiger partial charge in [0.25, 0.3) is 0 Å². The summed E-state index contributed by atoms with van der Waals surface area (Å²) in [5.74, 6) is 0. The topological polar surface area (TPSA) is 20.2 Å². The number of rotatable bonds is 5. The Morgan fingerprint density at radius 1 is 1.25 bits per heavy atom. The highest BCUT2D eigenvalue weighted by molar-refractivity contribution is 5.15. The monoisotopic (exact) mass is 168 g/mol. The molecule has 1 nitrogen and oxygen atoms in total. The maximum absolute atomic E-state index is 8.65. The first-order valence-electron chi connectivity index (χ1n) is 4.64. The van der Waals surface area contributed by atoms with Gasteiger partial charge in [0.15, 0.2) is 0 Å². The van der Waals surface area contributed by atoms with E-state index in [1.807, 2.05) is 0 Å². The van der Waals surface area contributed by atoms with Crippen LogP contribution in [0.1, 0.15) is 40.0 Å². The van der Waals surface area contributed by atoms with E-state index in [4.69, 9.17) is 5.11 Å². The average molecular weight is 168 g/mol. The highest BCUT2D eigenvalue weighted by atomic mass is 16.2. The summed E-state index contributed by atoms with van der Waals surface area (Å²) in [7, 11) is 0. The molecular formula is C11H20O. The summed E-state index contributed by atoms with van der Waals surface area (Å²) in [5, 5.41) is 8.65. The van der Waals surface area contributed by atoms with E-state index in [-0.39, 0.29) is 0 Å². The molecule has 1 N–H and O–H groups in total. The second-order valence-corrected chi connectivity index (χ2v) is 3.25. The van der Waals surface area contributed by atoms with Crippen molar-refractivity contribution < 1.29 is 5.11 Å². The van der Waals surface area contributed by atoms with Gasteiger partial charge in [-0.15, -0.1) is 0 Å². The molecule has 0 aromatic heterocycles. The van der Waals surface area contributed by atoms with Gasteiger partial charge in [0.1, 0.15) is 0 Å². The maximum atomic E-state index is 8.65. The van der Waals surface area contributed by atoms with E-state index in [2.05, 4.69) is 32.9 Å². The van der Waals surface area contributed by atoms with Crippen molar-refractivity contribution in [1.29, 1.82) is 0 Å². The molecule has 0 spiro atoms.